The number of carbonyl (C=O) groups is 1. The molecule has 0 radical (unpaired) electrons. The van der Waals surface area contributed by atoms with E-state index in [1.807, 2.05) is 60.7 Å². The molecule has 0 aromatic heterocycles. The highest BCUT2D eigenvalue weighted by Gasteiger charge is 2.35. The third-order valence-corrected chi connectivity index (χ3v) is 5.81. The van der Waals surface area contributed by atoms with E-state index < -0.39 is 10.0 Å². The van der Waals surface area contributed by atoms with E-state index in [1.54, 1.807) is 4.90 Å². The van der Waals surface area contributed by atoms with Gasteiger partial charge in [-0.1, -0.05) is 48.5 Å². The van der Waals surface area contributed by atoms with Crippen molar-refractivity contribution in [3.8, 4) is 0 Å². The van der Waals surface area contributed by atoms with Crippen LogP contribution in [0.3, 0.4) is 0 Å². The van der Waals surface area contributed by atoms with Crippen LogP contribution in [0.5, 0.6) is 0 Å². The van der Waals surface area contributed by atoms with Crippen LogP contribution in [0.1, 0.15) is 24.8 Å². The first-order valence-corrected chi connectivity index (χ1v) is 10.7. The van der Waals surface area contributed by atoms with Crippen molar-refractivity contribution in [2.45, 2.75) is 31.8 Å². The van der Waals surface area contributed by atoms with Crippen LogP contribution >= 0.6 is 0 Å². The molecule has 0 bridgehead atoms. The fraction of sp³-hybridized carbons (Fsp3) is 0.350. The number of hydrogen-bond acceptors (Lipinski definition) is 3. The van der Waals surface area contributed by atoms with E-state index in [2.05, 4.69) is 0 Å². The Kier molecular flexibility index (Phi) is 5.74. The quantitative estimate of drug-likeness (QED) is 0.716. The second-order valence-electron chi connectivity index (χ2n) is 6.66. The van der Waals surface area contributed by atoms with E-state index in [-0.39, 0.29) is 24.9 Å². The smallest absolute Gasteiger partial charge is 0.228 e. The first-order valence-electron chi connectivity index (χ1n) is 8.81. The van der Waals surface area contributed by atoms with E-state index in [0.717, 1.165) is 24.1 Å². The average Bonchev–Trinajstić information content (AvgIpc) is 3.45. The van der Waals surface area contributed by atoms with Crippen molar-refractivity contribution in [2.24, 2.45) is 0 Å². The summed E-state index contributed by atoms with van der Waals surface area (Å²) in [6.45, 7) is 0.701. The summed E-state index contributed by atoms with van der Waals surface area (Å²) in [5, 5.41) is 0. The number of rotatable bonds is 8. The summed E-state index contributed by atoms with van der Waals surface area (Å²) in [7, 11) is -3.28. The molecule has 0 unspecified atom stereocenters. The van der Waals surface area contributed by atoms with Gasteiger partial charge < -0.3 is 4.90 Å². The molecule has 26 heavy (non-hydrogen) atoms. The van der Waals surface area contributed by atoms with E-state index >= 15 is 0 Å². The summed E-state index contributed by atoms with van der Waals surface area (Å²) in [6.07, 6.45) is 3.15. The second kappa shape index (κ2) is 8.01. The van der Waals surface area contributed by atoms with Gasteiger partial charge in [-0.05, 0) is 30.5 Å². The first kappa shape index (κ1) is 18.6. The van der Waals surface area contributed by atoms with Crippen LogP contribution in [0.15, 0.2) is 60.7 Å². The Morgan fingerprint density at radius 3 is 2.12 bits per heavy atom. The Balaban J connectivity index is 1.74. The number of hydrogen-bond donors (Lipinski definition) is 0. The Labute approximate surface area is 155 Å². The maximum absolute atomic E-state index is 12.9. The van der Waals surface area contributed by atoms with Gasteiger partial charge in [0.25, 0.3) is 0 Å². The van der Waals surface area contributed by atoms with Gasteiger partial charge in [-0.15, -0.1) is 0 Å². The number of benzene rings is 2. The van der Waals surface area contributed by atoms with Crippen molar-refractivity contribution >= 4 is 21.6 Å². The van der Waals surface area contributed by atoms with Crippen LogP contribution in [-0.4, -0.2) is 37.5 Å². The second-order valence-corrected chi connectivity index (χ2v) is 8.59. The number of carbonyl (C=O) groups excluding carboxylic acids is 1. The summed E-state index contributed by atoms with van der Waals surface area (Å²) in [4.78, 5) is 14.7. The molecule has 1 aliphatic carbocycles. The lowest BCUT2D eigenvalue weighted by molar-refractivity contribution is -0.118. The number of anilines is 1. The predicted octanol–water partition coefficient (Wildman–Crippen LogP) is 3.03. The molecule has 6 heteroatoms. The molecule has 0 N–H and O–H groups in total. The summed E-state index contributed by atoms with van der Waals surface area (Å²) in [5.74, 6) is -0.0747. The van der Waals surface area contributed by atoms with Gasteiger partial charge in [0.05, 0.1) is 12.8 Å². The molecule has 0 heterocycles. The molecule has 1 saturated carbocycles. The molecule has 3 rings (SSSR count). The lowest BCUT2D eigenvalue weighted by atomic mass is 10.2. The van der Waals surface area contributed by atoms with Crippen LogP contribution in [-0.2, 0) is 21.4 Å². The maximum Gasteiger partial charge on any atom is 0.228 e. The third kappa shape index (κ3) is 4.93. The lowest BCUT2D eigenvalue weighted by Crippen LogP contribution is -2.37. The van der Waals surface area contributed by atoms with E-state index in [1.165, 1.54) is 10.6 Å². The zero-order valence-electron chi connectivity index (χ0n) is 14.9. The summed E-state index contributed by atoms with van der Waals surface area (Å²) in [5.41, 5.74) is 1.85. The molecule has 138 valence electrons. The van der Waals surface area contributed by atoms with Crippen molar-refractivity contribution in [2.75, 3.05) is 17.7 Å². The first-order chi connectivity index (χ1) is 12.4. The molecule has 2 aromatic carbocycles. The zero-order chi connectivity index (χ0) is 18.6. The number of sulfonamides is 1. The van der Waals surface area contributed by atoms with Gasteiger partial charge in [0.15, 0.2) is 0 Å². The highest BCUT2D eigenvalue weighted by molar-refractivity contribution is 7.88. The standard InChI is InChI=1S/C20H24N2O3S/c1-26(24,25)22(19-12-13-19)15-14-20(23)21(18-10-6-3-7-11-18)16-17-8-4-2-5-9-17/h2-11,19H,12-16H2,1H3. The molecular formula is C20H24N2O3S. The summed E-state index contributed by atoms with van der Waals surface area (Å²) < 4.78 is 25.4. The topological polar surface area (TPSA) is 57.7 Å². The fourth-order valence-electron chi connectivity index (χ4n) is 3.02. The lowest BCUT2D eigenvalue weighted by Gasteiger charge is -2.25. The SMILES string of the molecule is CS(=O)(=O)N(CCC(=O)N(Cc1ccccc1)c1ccccc1)C1CC1. The molecule has 1 fully saturated rings. The Morgan fingerprint density at radius 1 is 1.00 bits per heavy atom. The Morgan fingerprint density at radius 2 is 1.58 bits per heavy atom. The van der Waals surface area contributed by atoms with Gasteiger partial charge in [0, 0.05) is 24.7 Å². The van der Waals surface area contributed by atoms with Gasteiger partial charge in [-0.25, -0.2) is 8.42 Å². The summed E-state index contributed by atoms with van der Waals surface area (Å²) >= 11 is 0. The van der Waals surface area contributed by atoms with Gasteiger partial charge in [0.2, 0.25) is 15.9 Å². The van der Waals surface area contributed by atoms with Gasteiger partial charge >= 0.3 is 0 Å². The summed E-state index contributed by atoms with van der Waals surface area (Å²) in [6, 6.07) is 19.4. The number of nitrogens with zero attached hydrogens (tertiary/aromatic N) is 2. The minimum Gasteiger partial charge on any atom is -0.308 e. The van der Waals surface area contributed by atoms with Gasteiger partial charge in [0.1, 0.15) is 0 Å². The van der Waals surface area contributed by atoms with Crippen molar-refractivity contribution < 1.29 is 13.2 Å². The normalized spacial score (nSPS) is 14.4. The molecular weight excluding hydrogens is 348 g/mol. The monoisotopic (exact) mass is 372 g/mol. The van der Waals surface area contributed by atoms with E-state index in [9.17, 15) is 13.2 Å². The van der Waals surface area contributed by atoms with Crippen molar-refractivity contribution in [3.05, 3.63) is 66.2 Å². The highest BCUT2D eigenvalue weighted by atomic mass is 32.2. The van der Waals surface area contributed by atoms with Crippen LogP contribution < -0.4 is 4.90 Å². The molecule has 0 spiro atoms. The fourth-order valence-corrected chi connectivity index (χ4v) is 4.20. The minimum atomic E-state index is -3.28. The molecule has 1 aliphatic rings. The molecule has 2 aromatic rings. The number of para-hydroxylation sites is 1. The Hall–Kier alpha value is -2.18. The molecule has 1 amide bonds. The highest BCUT2D eigenvalue weighted by Crippen LogP contribution is 2.29. The van der Waals surface area contributed by atoms with Crippen LogP contribution in [0.4, 0.5) is 5.69 Å². The maximum atomic E-state index is 12.9. The predicted molar refractivity (Wildman–Crippen MR) is 103 cm³/mol. The molecule has 0 aliphatic heterocycles. The van der Waals surface area contributed by atoms with Crippen LogP contribution in [0.25, 0.3) is 0 Å². The van der Waals surface area contributed by atoms with Gasteiger partial charge in [-0.3, -0.25) is 4.79 Å². The Bertz CT molecular complexity index is 834. The zero-order valence-corrected chi connectivity index (χ0v) is 15.7. The molecule has 5 nitrogen and oxygen atoms in total. The molecule has 0 atom stereocenters. The van der Waals surface area contributed by atoms with Gasteiger partial charge in [-0.2, -0.15) is 4.31 Å². The van der Waals surface area contributed by atoms with Crippen molar-refractivity contribution in [1.29, 1.82) is 0 Å². The average molecular weight is 372 g/mol. The largest absolute Gasteiger partial charge is 0.308 e. The van der Waals surface area contributed by atoms with Crippen LogP contribution in [0.2, 0.25) is 0 Å². The van der Waals surface area contributed by atoms with E-state index in [4.69, 9.17) is 0 Å². The minimum absolute atomic E-state index is 0.0668. The third-order valence-electron chi connectivity index (χ3n) is 4.48. The molecule has 0 saturated heterocycles. The van der Waals surface area contributed by atoms with Crippen molar-refractivity contribution in [1.82, 2.24) is 4.31 Å². The van der Waals surface area contributed by atoms with E-state index in [0.29, 0.717) is 6.54 Å². The number of amides is 1. The van der Waals surface area contributed by atoms with Crippen molar-refractivity contribution in [3.63, 3.8) is 0 Å². The van der Waals surface area contributed by atoms with Crippen LogP contribution in [0, 0.1) is 0 Å².